The number of hydrogen-bond donors (Lipinski definition) is 1. The molecule has 2 aromatic carbocycles. The van der Waals surface area contributed by atoms with Gasteiger partial charge in [-0.1, -0.05) is 30.0 Å². The van der Waals surface area contributed by atoms with E-state index in [0.29, 0.717) is 34.5 Å². The van der Waals surface area contributed by atoms with Crippen LogP contribution in [-0.2, 0) is 28.4 Å². The fourth-order valence-corrected chi connectivity index (χ4v) is 7.22. The number of aromatic nitrogens is 3. The van der Waals surface area contributed by atoms with Crippen LogP contribution < -0.4 is 14.8 Å². The molecule has 16 heteroatoms. The molecule has 0 spiro atoms. The van der Waals surface area contributed by atoms with E-state index in [2.05, 4.69) is 15.5 Å². The number of thioether (sulfide) groups is 1. The molecule has 0 bridgehead atoms. The van der Waals surface area contributed by atoms with Crippen molar-refractivity contribution in [3.63, 3.8) is 0 Å². The Morgan fingerprint density at radius 1 is 1.07 bits per heavy atom. The second-order valence-electron chi connectivity index (χ2n) is 10.3. The third kappa shape index (κ3) is 6.79. The molecular formula is C30H33N7O6S3. The Hall–Kier alpha value is -4.25. The number of carbonyl (C=O) groups is 2. The van der Waals surface area contributed by atoms with Crippen molar-refractivity contribution < 1.29 is 27.5 Å². The van der Waals surface area contributed by atoms with Crippen LogP contribution in [0.4, 0.5) is 0 Å². The van der Waals surface area contributed by atoms with Gasteiger partial charge in [0.15, 0.2) is 22.5 Å². The van der Waals surface area contributed by atoms with Crippen molar-refractivity contribution in [1.82, 2.24) is 29.4 Å². The molecule has 1 atom stereocenters. The van der Waals surface area contributed by atoms with Crippen molar-refractivity contribution in [3.05, 3.63) is 81.8 Å². The van der Waals surface area contributed by atoms with Gasteiger partial charge in [-0.3, -0.25) is 9.59 Å². The van der Waals surface area contributed by atoms with E-state index in [1.165, 1.54) is 55.1 Å². The van der Waals surface area contributed by atoms with Gasteiger partial charge in [0, 0.05) is 38.7 Å². The maximum atomic E-state index is 13.7. The number of nitrogens with one attached hydrogen (secondary N) is 1. The number of methoxy groups -OCH3 is 2. The first-order valence-corrected chi connectivity index (χ1v) is 17.3. The highest BCUT2D eigenvalue weighted by atomic mass is 32.2. The molecule has 0 unspecified atom stereocenters. The van der Waals surface area contributed by atoms with Crippen LogP contribution in [0.15, 0.2) is 75.1 Å². The van der Waals surface area contributed by atoms with Crippen molar-refractivity contribution in [2.24, 2.45) is 12.1 Å². The number of ether oxygens (including phenoxy) is 2. The average molecular weight is 684 g/mol. The Labute approximate surface area is 275 Å². The Bertz CT molecular complexity index is 1860. The van der Waals surface area contributed by atoms with E-state index in [9.17, 15) is 18.0 Å². The fourth-order valence-electron chi connectivity index (χ4n) is 4.82. The summed E-state index contributed by atoms with van der Waals surface area (Å²) >= 11 is 2.78. The van der Waals surface area contributed by atoms with Crippen LogP contribution in [0.25, 0.3) is 0 Å². The van der Waals surface area contributed by atoms with Crippen LogP contribution >= 0.6 is 23.1 Å². The highest BCUT2D eigenvalue weighted by Crippen LogP contribution is 2.42. The van der Waals surface area contributed by atoms with Crippen LogP contribution in [0.1, 0.15) is 39.1 Å². The summed E-state index contributed by atoms with van der Waals surface area (Å²) in [6.45, 7) is 0.0763. The lowest BCUT2D eigenvalue weighted by atomic mass is 9.99. The largest absolute Gasteiger partial charge is 0.493 e. The topological polar surface area (TPSA) is 148 Å². The lowest BCUT2D eigenvalue weighted by Gasteiger charge is -2.24. The average Bonchev–Trinajstić information content (AvgIpc) is 3.82. The van der Waals surface area contributed by atoms with Crippen LogP contribution in [0.3, 0.4) is 0 Å². The second-order valence-corrected chi connectivity index (χ2v) is 14.3. The molecule has 0 radical (unpaired) electrons. The lowest BCUT2D eigenvalue weighted by Crippen LogP contribution is -2.29. The molecule has 1 aliphatic rings. The molecule has 1 aliphatic heterocycles. The summed E-state index contributed by atoms with van der Waals surface area (Å²) in [6, 6.07) is 14.8. The maximum absolute atomic E-state index is 13.7. The molecule has 13 nitrogen and oxygen atoms in total. The van der Waals surface area contributed by atoms with Gasteiger partial charge in [0.1, 0.15) is 0 Å². The van der Waals surface area contributed by atoms with E-state index in [0.717, 1.165) is 20.5 Å². The summed E-state index contributed by atoms with van der Waals surface area (Å²) in [4.78, 5) is 27.5. The molecule has 4 aromatic rings. The number of nitrogens with zero attached hydrogens (tertiary/aromatic N) is 6. The molecule has 1 N–H and O–H groups in total. The van der Waals surface area contributed by atoms with Gasteiger partial charge in [-0.25, -0.2) is 17.7 Å². The lowest BCUT2D eigenvalue weighted by molar-refractivity contribution is -0.130. The molecule has 0 saturated heterocycles. The standard InChI is InChI=1S/C30H33N7O6S3/c1-35(2)46(40,41)20-13-11-19(12-14-20)29(39)31-17-26-32-33-30(36(26)3)45-18-27(38)37-23(16-22(34-37)25-10-7-15-44-25)21-8-6-9-24(42-4)28(21)43-5/h6-15,23H,16-18H2,1-5H3,(H,31,39)/t23-/m0/s1. The minimum atomic E-state index is -3.60. The molecule has 2 amide bonds. The van der Waals surface area contributed by atoms with Crippen molar-refractivity contribution in [1.29, 1.82) is 0 Å². The first-order valence-electron chi connectivity index (χ1n) is 14.0. The molecular weight excluding hydrogens is 651 g/mol. The molecule has 0 fully saturated rings. The highest BCUT2D eigenvalue weighted by Gasteiger charge is 2.36. The van der Waals surface area contributed by atoms with Gasteiger partial charge in [0.25, 0.3) is 11.8 Å². The number of para-hydroxylation sites is 1. The van der Waals surface area contributed by atoms with Crippen molar-refractivity contribution in [3.8, 4) is 11.5 Å². The van der Waals surface area contributed by atoms with Crippen LogP contribution in [-0.4, -0.2) is 84.1 Å². The van der Waals surface area contributed by atoms with Crippen LogP contribution in [0.2, 0.25) is 0 Å². The minimum Gasteiger partial charge on any atom is -0.493 e. The normalized spacial score (nSPS) is 14.8. The molecule has 5 rings (SSSR count). The smallest absolute Gasteiger partial charge is 0.253 e. The van der Waals surface area contributed by atoms with E-state index in [1.807, 2.05) is 35.7 Å². The van der Waals surface area contributed by atoms with Crippen molar-refractivity contribution in [2.75, 3.05) is 34.1 Å². The zero-order valence-corrected chi connectivity index (χ0v) is 28.3. The second kappa shape index (κ2) is 14.0. The number of hydrogen-bond acceptors (Lipinski definition) is 11. The van der Waals surface area contributed by atoms with E-state index in [4.69, 9.17) is 14.6 Å². The zero-order valence-electron chi connectivity index (χ0n) is 25.8. The summed E-state index contributed by atoms with van der Waals surface area (Å²) in [5.74, 6) is 1.03. The molecule has 0 aliphatic carbocycles. The molecule has 3 heterocycles. The number of rotatable bonds is 12. The Balaban J connectivity index is 1.25. The van der Waals surface area contributed by atoms with Gasteiger partial charge in [0.05, 0.1) is 48.0 Å². The fraction of sp³-hybridized carbons (Fsp3) is 0.300. The third-order valence-corrected chi connectivity index (χ3v) is 11.1. The number of carbonyl (C=O) groups excluding carboxylic acids is 2. The maximum Gasteiger partial charge on any atom is 0.253 e. The number of sulfonamides is 1. The van der Waals surface area contributed by atoms with Gasteiger partial charge in [-0.15, -0.1) is 21.5 Å². The highest BCUT2D eigenvalue weighted by molar-refractivity contribution is 7.99. The first-order chi connectivity index (χ1) is 22.0. The van der Waals surface area contributed by atoms with Gasteiger partial charge >= 0.3 is 0 Å². The predicted molar refractivity (Wildman–Crippen MR) is 175 cm³/mol. The van der Waals surface area contributed by atoms with E-state index in [1.54, 1.807) is 37.2 Å². The number of hydrazone groups is 1. The number of benzene rings is 2. The molecule has 46 heavy (non-hydrogen) atoms. The van der Waals surface area contributed by atoms with Crippen molar-refractivity contribution >= 4 is 50.6 Å². The SMILES string of the molecule is COc1cccc([C@@H]2CC(c3cccs3)=NN2C(=O)CSc2nnc(CNC(=O)c3ccc(S(=O)(=O)N(C)C)cc3)n2C)c1OC. The molecule has 2 aromatic heterocycles. The number of thiophene rings is 1. The first kappa shape index (κ1) is 33.1. The monoisotopic (exact) mass is 683 g/mol. The Morgan fingerprint density at radius 3 is 2.48 bits per heavy atom. The Morgan fingerprint density at radius 2 is 1.83 bits per heavy atom. The van der Waals surface area contributed by atoms with Gasteiger partial charge in [0.2, 0.25) is 10.0 Å². The summed E-state index contributed by atoms with van der Waals surface area (Å²) in [7, 11) is 4.18. The summed E-state index contributed by atoms with van der Waals surface area (Å²) in [6.07, 6.45) is 0.516. The van der Waals surface area contributed by atoms with Gasteiger partial charge < -0.3 is 19.4 Å². The minimum absolute atomic E-state index is 0.0462. The zero-order chi connectivity index (χ0) is 33.0. The summed E-state index contributed by atoms with van der Waals surface area (Å²) in [5, 5.41) is 19.9. The van der Waals surface area contributed by atoms with Gasteiger partial charge in [-0.2, -0.15) is 5.10 Å². The summed E-state index contributed by atoms with van der Waals surface area (Å²) in [5.41, 5.74) is 1.91. The van der Waals surface area contributed by atoms with E-state index < -0.39 is 22.0 Å². The summed E-state index contributed by atoms with van der Waals surface area (Å²) < 4.78 is 38.6. The van der Waals surface area contributed by atoms with Crippen LogP contribution in [0, 0.1) is 0 Å². The quantitative estimate of drug-likeness (QED) is 0.222. The van der Waals surface area contributed by atoms with Gasteiger partial charge in [-0.05, 0) is 41.8 Å². The van der Waals surface area contributed by atoms with E-state index in [-0.39, 0.29) is 23.1 Å². The van der Waals surface area contributed by atoms with Crippen LogP contribution in [0.5, 0.6) is 11.5 Å². The van der Waals surface area contributed by atoms with Crippen molar-refractivity contribution in [2.45, 2.75) is 29.1 Å². The third-order valence-electron chi connectivity index (χ3n) is 7.32. The molecule has 0 saturated carbocycles. The number of amides is 2. The predicted octanol–water partition coefficient (Wildman–Crippen LogP) is 3.54. The Kier molecular flexibility index (Phi) is 10.1. The van der Waals surface area contributed by atoms with E-state index >= 15 is 0 Å². The molecule has 242 valence electrons.